The van der Waals surface area contributed by atoms with E-state index < -0.39 is 0 Å². The number of amides is 1. The summed E-state index contributed by atoms with van der Waals surface area (Å²) in [7, 11) is 0. The fourth-order valence-corrected chi connectivity index (χ4v) is 3.08. The van der Waals surface area contributed by atoms with Gasteiger partial charge in [0.05, 0.1) is 5.69 Å². The summed E-state index contributed by atoms with van der Waals surface area (Å²) in [6, 6.07) is 19.0. The second-order valence-corrected chi connectivity index (χ2v) is 7.12. The number of carbonyl (C=O) groups excluding carboxylic acids is 1. The van der Waals surface area contributed by atoms with Gasteiger partial charge in [0.25, 0.3) is 5.91 Å². The van der Waals surface area contributed by atoms with E-state index in [9.17, 15) is 4.79 Å². The molecule has 0 aliphatic rings. The number of nitrogens with one attached hydrogen (secondary N) is 1. The van der Waals surface area contributed by atoms with Crippen LogP contribution in [0.15, 0.2) is 73.1 Å². The molecule has 2 aromatic heterocycles. The van der Waals surface area contributed by atoms with Crippen molar-refractivity contribution < 1.29 is 14.3 Å². The van der Waals surface area contributed by atoms with Crippen molar-refractivity contribution in [1.82, 2.24) is 9.38 Å². The molecule has 2 aromatic carbocycles. The standard InChI is InChI=1S/C24H23N3O3/c1-17-9-10-18(2)22(12-17)30-16-24(28)26-19-6-5-7-21(13-19)29-15-20-14-27-11-4-3-8-23(27)25-20/h3-14H,15-16H2,1-2H3,(H,26,28). The Kier molecular flexibility index (Phi) is 5.66. The van der Waals surface area contributed by atoms with Crippen molar-refractivity contribution in [2.24, 2.45) is 0 Å². The maximum absolute atomic E-state index is 12.3. The van der Waals surface area contributed by atoms with Crippen molar-refractivity contribution in [2.75, 3.05) is 11.9 Å². The fourth-order valence-electron chi connectivity index (χ4n) is 3.08. The molecule has 0 spiro atoms. The van der Waals surface area contributed by atoms with Gasteiger partial charge in [-0.05, 0) is 55.3 Å². The molecule has 0 atom stereocenters. The molecule has 0 aliphatic heterocycles. The smallest absolute Gasteiger partial charge is 0.262 e. The normalized spacial score (nSPS) is 10.7. The van der Waals surface area contributed by atoms with Gasteiger partial charge in [-0.25, -0.2) is 4.98 Å². The van der Waals surface area contributed by atoms with Crippen molar-refractivity contribution in [3.63, 3.8) is 0 Å². The molecule has 1 amide bonds. The van der Waals surface area contributed by atoms with E-state index >= 15 is 0 Å². The number of benzene rings is 2. The lowest BCUT2D eigenvalue weighted by Gasteiger charge is -2.11. The third-order valence-corrected chi connectivity index (χ3v) is 4.62. The summed E-state index contributed by atoms with van der Waals surface area (Å²) in [4.78, 5) is 16.8. The maximum Gasteiger partial charge on any atom is 0.262 e. The second kappa shape index (κ2) is 8.69. The van der Waals surface area contributed by atoms with Crippen LogP contribution in [0.4, 0.5) is 5.69 Å². The predicted octanol–water partition coefficient (Wildman–Crippen LogP) is 4.55. The molecule has 4 aromatic rings. The van der Waals surface area contributed by atoms with Crippen LogP contribution in [0.25, 0.3) is 5.65 Å². The number of nitrogens with zero attached hydrogens (tertiary/aromatic N) is 2. The molecular weight excluding hydrogens is 378 g/mol. The number of carbonyl (C=O) groups is 1. The average Bonchev–Trinajstić information content (AvgIpc) is 3.16. The number of imidazole rings is 1. The molecule has 0 bridgehead atoms. The van der Waals surface area contributed by atoms with Crippen LogP contribution < -0.4 is 14.8 Å². The molecule has 4 rings (SSSR count). The Morgan fingerprint density at radius 1 is 1.03 bits per heavy atom. The first kappa shape index (κ1) is 19.5. The minimum Gasteiger partial charge on any atom is -0.487 e. The van der Waals surface area contributed by atoms with Gasteiger partial charge < -0.3 is 19.2 Å². The van der Waals surface area contributed by atoms with Crippen LogP contribution in [0.2, 0.25) is 0 Å². The van der Waals surface area contributed by atoms with E-state index in [4.69, 9.17) is 9.47 Å². The van der Waals surface area contributed by atoms with Crippen molar-refractivity contribution in [3.05, 3.63) is 89.9 Å². The summed E-state index contributed by atoms with van der Waals surface area (Å²) in [5, 5.41) is 2.84. The molecule has 0 aliphatic carbocycles. The van der Waals surface area contributed by atoms with E-state index in [-0.39, 0.29) is 12.5 Å². The molecular formula is C24H23N3O3. The van der Waals surface area contributed by atoms with Crippen LogP contribution in [-0.4, -0.2) is 21.9 Å². The topological polar surface area (TPSA) is 64.9 Å². The van der Waals surface area contributed by atoms with Crippen molar-refractivity contribution in [1.29, 1.82) is 0 Å². The lowest BCUT2D eigenvalue weighted by molar-refractivity contribution is -0.118. The largest absolute Gasteiger partial charge is 0.487 e. The van der Waals surface area contributed by atoms with Gasteiger partial charge in [0.1, 0.15) is 23.8 Å². The minimum absolute atomic E-state index is 0.0589. The van der Waals surface area contributed by atoms with E-state index in [1.807, 2.05) is 85.2 Å². The Labute approximate surface area is 175 Å². The van der Waals surface area contributed by atoms with E-state index in [1.54, 1.807) is 6.07 Å². The Morgan fingerprint density at radius 3 is 2.80 bits per heavy atom. The number of pyridine rings is 1. The van der Waals surface area contributed by atoms with Crippen LogP contribution in [0, 0.1) is 13.8 Å². The molecule has 0 saturated heterocycles. The lowest BCUT2D eigenvalue weighted by atomic mass is 10.1. The van der Waals surface area contributed by atoms with Crippen molar-refractivity contribution in [2.45, 2.75) is 20.5 Å². The monoisotopic (exact) mass is 401 g/mol. The highest BCUT2D eigenvalue weighted by atomic mass is 16.5. The first-order chi connectivity index (χ1) is 14.6. The first-order valence-corrected chi connectivity index (χ1v) is 9.72. The quantitative estimate of drug-likeness (QED) is 0.494. The first-order valence-electron chi connectivity index (χ1n) is 9.72. The van der Waals surface area contributed by atoms with Crippen LogP contribution in [0.3, 0.4) is 0 Å². The highest BCUT2D eigenvalue weighted by molar-refractivity contribution is 5.92. The zero-order valence-electron chi connectivity index (χ0n) is 17.0. The Hall–Kier alpha value is -3.80. The highest BCUT2D eigenvalue weighted by Gasteiger charge is 2.07. The number of ether oxygens (including phenoxy) is 2. The number of fused-ring (bicyclic) bond motifs is 1. The SMILES string of the molecule is Cc1ccc(C)c(OCC(=O)Nc2cccc(OCc3cn4ccccc4n3)c2)c1. The summed E-state index contributed by atoms with van der Waals surface area (Å²) < 4.78 is 13.5. The molecule has 1 N–H and O–H groups in total. The van der Waals surface area contributed by atoms with Gasteiger partial charge in [-0.15, -0.1) is 0 Å². The minimum atomic E-state index is -0.228. The van der Waals surface area contributed by atoms with Gasteiger partial charge in [0.2, 0.25) is 0 Å². The van der Waals surface area contributed by atoms with E-state index in [2.05, 4.69) is 10.3 Å². The lowest BCUT2D eigenvalue weighted by Crippen LogP contribution is -2.20. The second-order valence-electron chi connectivity index (χ2n) is 7.12. The maximum atomic E-state index is 12.3. The Balaban J connectivity index is 1.33. The molecule has 0 fully saturated rings. The van der Waals surface area contributed by atoms with Gasteiger partial charge in [-0.1, -0.05) is 24.3 Å². The van der Waals surface area contributed by atoms with Crippen LogP contribution in [0.5, 0.6) is 11.5 Å². The summed E-state index contributed by atoms with van der Waals surface area (Å²) in [6.45, 7) is 4.23. The highest BCUT2D eigenvalue weighted by Crippen LogP contribution is 2.20. The molecule has 152 valence electrons. The number of aryl methyl sites for hydroxylation is 2. The number of hydrogen-bond donors (Lipinski definition) is 1. The van der Waals surface area contributed by atoms with Crippen LogP contribution >= 0.6 is 0 Å². The molecule has 6 heteroatoms. The number of aromatic nitrogens is 2. The summed E-state index contributed by atoms with van der Waals surface area (Å²) in [6.07, 6.45) is 3.88. The molecule has 30 heavy (non-hydrogen) atoms. The van der Waals surface area contributed by atoms with Gasteiger partial charge in [0, 0.05) is 24.1 Å². The van der Waals surface area contributed by atoms with Gasteiger partial charge in [0.15, 0.2) is 6.61 Å². The van der Waals surface area contributed by atoms with Crippen LogP contribution in [0.1, 0.15) is 16.8 Å². The Bertz CT molecular complexity index is 1150. The molecule has 0 saturated carbocycles. The summed E-state index contributed by atoms with van der Waals surface area (Å²) in [5.74, 6) is 1.14. The summed E-state index contributed by atoms with van der Waals surface area (Å²) >= 11 is 0. The number of anilines is 1. The number of hydrogen-bond acceptors (Lipinski definition) is 4. The Morgan fingerprint density at radius 2 is 1.93 bits per heavy atom. The summed E-state index contributed by atoms with van der Waals surface area (Å²) in [5.41, 5.74) is 4.44. The molecule has 0 unspecified atom stereocenters. The van der Waals surface area contributed by atoms with E-state index in [1.165, 1.54) is 0 Å². The average molecular weight is 401 g/mol. The predicted molar refractivity (Wildman–Crippen MR) is 116 cm³/mol. The van der Waals surface area contributed by atoms with Gasteiger partial charge in [-0.2, -0.15) is 0 Å². The fraction of sp³-hybridized carbons (Fsp3) is 0.167. The number of rotatable bonds is 7. The third kappa shape index (κ3) is 4.78. The van der Waals surface area contributed by atoms with E-state index in [0.717, 1.165) is 28.2 Å². The zero-order chi connectivity index (χ0) is 20.9. The molecule has 6 nitrogen and oxygen atoms in total. The van der Waals surface area contributed by atoms with Gasteiger partial charge in [-0.3, -0.25) is 4.79 Å². The van der Waals surface area contributed by atoms with Gasteiger partial charge >= 0.3 is 0 Å². The van der Waals surface area contributed by atoms with Crippen LogP contribution in [-0.2, 0) is 11.4 Å². The molecule has 0 radical (unpaired) electrons. The third-order valence-electron chi connectivity index (χ3n) is 4.62. The zero-order valence-corrected chi connectivity index (χ0v) is 17.0. The van der Waals surface area contributed by atoms with E-state index in [0.29, 0.717) is 18.0 Å². The molecule has 2 heterocycles. The van der Waals surface area contributed by atoms with Crippen molar-refractivity contribution >= 4 is 17.2 Å². The van der Waals surface area contributed by atoms with Crippen molar-refractivity contribution in [3.8, 4) is 11.5 Å².